The monoisotopic (exact) mass is 260 g/mol. The van der Waals surface area contributed by atoms with Crippen LogP contribution in [0.3, 0.4) is 0 Å². The molecule has 0 fully saturated rings. The minimum atomic E-state index is -1.15. The molecule has 0 aliphatic rings. The van der Waals surface area contributed by atoms with Gasteiger partial charge in [0, 0.05) is 5.75 Å². The minimum absolute atomic E-state index is 0.127. The van der Waals surface area contributed by atoms with Crippen LogP contribution < -0.4 is 5.32 Å². The summed E-state index contributed by atoms with van der Waals surface area (Å²) in [6.07, 6.45) is -0.776. The quantitative estimate of drug-likeness (QED) is 0.721. The van der Waals surface area contributed by atoms with Gasteiger partial charge in [-0.15, -0.1) is 11.8 Å². The molecule has 1 unspecified atom stereocenters. The zero-order valence-corrected chi connectivity index (χ0v) is 10.8. The maximum atomic E-state index is 11.3. The molecule has 0 aromatic rings. The molecule has 0 aromatic carbocycles. The number of nitrogens with one attached hydrogen (secondary N) is 1. The van der Waals surface area contributed by atoms with E-state index in [9.17, 15) is 9.59 Å². The molecule has 0 heterocycles. The second-order valence-electron chi connectivity index (χ2n) is 4.21. The molecule has 6 nitrogen and oxygen atoms in total. The van der Waals surface area contributed by atoms with Crippen LogP contribution in [0.15, 0.2) is 0 Å². The number of alkyl carbamates (subject to hydrolysis) is 1. The van der Waals surface area contributed by atoms with Crippen molar-refractivity contribution < 1.29 is 19.4 Å². The molecule has 17 heavy (non-hydrogen) atoms. The fourth-order valence-electron chi connectivity index (χ4n) is 0.847. The number of hydrogen-bond acceptors (Lipinski definition) is 5. The standard InChI is InChI=1S/C10H16N2O4S/c1-10(2,3)16-9(15)12-7(8(13)14)6-17-5-4-11/h7H,5-6H2,1-3H3,(H,12,15)(H,13,14). The Bertz CT molecular complexity index is 319. The van der Waals surface area contributed by atoms with E-state index in [-0.39, 0.29) is 11.5 Å². The Morgan fingerprint density at radius 2 is 2.12 bits per heavy atom. The van der Waals surface area contributed by atoms with Crippen molar-refractivity contribution in [3.63, 3.8) is 0 Å². The van der Waals surface area contributed by atoms with Gasteiger partial charge < -0.3 is 15.2 Å². The lowest BCUT2D eigenvalue weighted by Crippen LogP contribution is -2.44. The molecule has 0 saturated carbocycles. The van der Waals surface area contributed by atoms with Crippen LogP contribution in [0, 0.1) is 11.3 Å². The summed E-state index contributed by atoms with van der Waals surface area (Å²) in [5.74, 6) is -0.844. The second-order valence-corrected chi connectivity index (χ2v) is 5.24. The normalized spacial score (nSPS) is 12.4. The number of nitrogens with zero attached hydrogens (tertiary/aromatic N) is 1. The average molecular weight is 260 g/mol. The number of thioether (sulfide) groups is 1. The molecule has 7 heteroatoms. The molecule has 96 valence electrons. The van der Waals surface area contributed by atoms with E-state index >= 15 is 0 Å². The summed E-state index contributed by atoms with van der Waals surface area (Å²) < 4.78 is 4.94. The lowest BCUT2D eigenvalue weighted by molar-refractivity contribution is -0.138. The summed E-state index contributed by atoms with van der Waals surface area (Å²) in [7, 11) is 0. The van der Waals surface area contributed by atoms with Crippen LogP contribution in [0.1, 0.15) is 20.8 Å². The number of rotatable bonds is 5. The summed E-state index contributed by atoms with van der Waals surface area (Å²) in [4.78, 5) is 22.2. The van der Waals surface area contributed by atoms with Crippen LogP contribution >= 0.6 is 11.8 Å². The first kappa shape index (κ1) is 15.6. The van der Waals surface area contributed by atoms with Gasteiger partial charge in [0.15, 0.2) is 0 Å². The number of carboxylic acid groups (broad SMARTS) is 1. The first-order valence-electron chi connectivity index (χ1n) is 4.93. The first-order chi connectivity index (χ1) is 7.76. The largest absolute Gasteiger partial charge is 0.480 e. The molecular weight excluding hydrogens is 244 g/mol. The molecule has 2 N–H and O–H groups in total. The van der Waals surface area contributed by atoms with Crippen LogP contribution in [-0.2, 0) is 9.53 Å². The van der Waals surface area contributed by atoms with E-state index in [1.165, 1.54) is 0 Å². The van der Waals surface area contributed by atoms with E-state index in [1.54, 1.807) is 20.8 Å². The van der Waals surface area contributed by atoms with Gasteiger partial charge in [-0.05, 0) is 20.8 Å². The number of nitriles is 1. The van der Waals surface area contributed by atoms with Crippen molar-refractivity contribution in [1.29, 1.82) is 5.26 Å². The third kappa shape index (κ3) is 8.39. The fraction of sp³-hybridized carbons (Fsp3) is 0.700. The molecule has 0 aromatic heterocycles. The summed E-state index contributed by atoms with van der Waals surface area (Å²) in [5, 5.41) is 19.4. The van der Waals surface area contributed by atoms with Crippen LogP contribution in [-0.4, -0.2) is 40.3 Å². The Morgan fingerprint density at radius 3 is 2.53 bits per heavy atom. The molecule has 0 aliphatic carbocycles. The molecule has 1 amide bonds. The van der Waals surface area contributed by atoms with Gasteiger partial charge in [0.2, 0.25) is 0 Å². The first-order valence-corrected chi connectivity index (χ1v) is 6.08. The highest BCUT2D eigenvalue weighted by Gasteiger charge is 2.23. The van der Waals surface area contributed by atoms with Gasteiger partial charge in [-0.25, -0.2) is 9.59 Å². The Morgan fingerprint density at radius 1 is 1.53 bits per heavy atom. The maximum Gasteiger partial charge on any atom is 0.408 e. The molecule has 0 spiro atoms. The van der Waals surface area contributed by atoms with Gasteiger partial charge in [-0.2, -0.15) is 5.26 Å². The maximum absolute atomic E-state index is 11.3. The Hall–Kier alpha value is -1.42. The number of carboxylic acids is 1. The number of aliphatic carboxylic acids is 1. The lowest BCUT2D eigenvalue weighted by atomic mass is 10.2. The molecule has 0 bridgehead atoms. The summed E-state index contributed by atoms with van der Waals surface area (Å²) in [5.41, 5.74) is -0.674. The average Bonchev–Trinajstić information content (AvgIpc) is 2.13. The SMILES string of the molecule is CC(C)(C)OC(=O)NC(CSCC#N)C(=O)O. The van der Waals surface area contributed by atoms with Crippen LogP contribution in [0.4, 0.5) is 4.79 Å². The predicted octanol–water partition coefficient (Wildman–Crippen LogP) is 1.22. The van der Waals surface area contributed by atoms with Crippen molar-refractivity contribution in [3.8, 4) is 6.07 Å². The highest BCUT2D eigenvalue weighted by Crippen LogP contribution is 2.08. The van der Waals surface area contributed by atoms with Crippen molar-refractivity contribution in [3.05, 3.63) is 0 Å². The third-order valence-electron chi connectivity index (χ3n) is 1.44. The van der Waals surface area contributed by atoms with Crippen molar-refractivity contribution in [2.45, 2.75) is 32.4 Å². The van der Waals surface area contributed by atoms with E-state index in [0.29, 0.717) is 0 Å². The summed E-state index contributed by atoms with van der Waals surface area (Å²) in [6, 6.07) is 0.827. The van der Waals surface area contributed by atoms with E-state index in [0.717, 1.165) is 11.8 Å². The number of ether oxygens (including phenoxy) is 1. The van der Waals surface area contributed by atoms with Crippen LogP contribution in [0.5, 0.6) is 0 Å². The zero-order valence-electron chi connectivity index (χ0n) is 10.0. The van der Waals surface area contributed by atoms with Gasteiger partial charge in [0.1, 0.15) is 11.6 Å². The summed E-state index contributed by atoms with van der Waals surface area (Å²) in [6.45, 7) is 5.06. The smallest absolute Gasteiger partial charge is 0.408 e. The Labute approximate surface area is 104 Å². The van der Waals surface area contributed by atoms with Crippen molar-refractivity contribution >= 4 is 23.8 Å². The number of carbonyl (C=O) groups is 2. The van der Waals surface area contributed by atoms with Gasteiger partial charge in [0.25, 0.3) is 0 Å². The van der Waals surface area contributed by atoms with E-state index < -0.39 is 23.7 Å². The second kappa shape index (κ2) is 7.01. The number of amides is 1. The molecule has 0 aliphatic heterocycles. The lowest BCUT2D eigenvalue weighted by Gasteiger charge is -2.21. The van der Waals surface area contributed by atoms with E-state index in [4.69, 9.17) is 15.1 Å². The molecule has 0 saturated heterocycles. The molecule has 0 rings (SSSR count). The van der Waals surface area contributed by atoms with Crippen molar-refractivity contribution in [2.24, 2.45) is 0 Å². The zero-order chi connectivity index (χ0) is 13.5. The van der Waals surface area contributed by atoms with Crippen molar-refractivity contribution in [1.82, 2.24) is 5.32 Å². The Balaban J connectivity index is 4.22. The van der Waals surface area contributed by atoms with Gasteiger partial charge >= 0.3 is 12.1 Å². The molecule has 1 atom stereocenters. The minimum Gasteiger partial charge on any atom is -0.480 e. The van der Waals surface area contributed by atoms with Gasteiger partial charge in [-0.1, -0.05) is 0 Å². The van der Waals surface area contributed by atoms with Gasteiger partial charge in [-0.3, -0.25) is 0 Å². The highest BCUT2D eigenvalue weighted by atomic mass is 32.2. The number of carbonyl (C=O) groups excluding carboxylic acids is 1. The topological polar surface area (TPSA) is 99.4 Å². The van der Waals surface area contributed by atoms with Crippen LogP contribution in [0.2, 0.25) is 0 Å². The third-order valence-corrected chi connectivity index (χ3v) is 2.34. The highest BCUT2D eigenvalue weighted by molar-refractivity contribution is 7.99. The molecular formula is C10H16N2O4S. The van der Waals surface area contributed by atoms with Gasteiger partial charge in [0.05, 0.1) is 11.8 Å². The van der Waals surface area contributed by atoms with Crippen LogP contribution in [0.25, 0.3) is 0 Å². The number of hydrogen-bond donors (Lipinski definition) is 2. The van der Waals surface area contributed by atoms with Crippen molar-refractivity contribution in [2.75, 3.05) is 11.5 Å². The fourth-order valence-corrected chi connectivity index (χ4v) is 1.52. The molecule has 0 radical (unpaired) electrons. The van der Waals surface area contributed by atoms with E-state index in [1.807, 2.05) is 6.07 Å². The Kier molecular flexibility index (Phi) is 6.43. The summed E-state index contributed by atoms with van der Waals surface area (Å²) >= 11 is 1.14. The predicted molar refractivity (Wildman–Crippen MR) is 63.7 cm³/mol. The van der Waals surface area contributed by atoms with E-state index in [2.05, 4.69) is 5.32 Å².